The fraction of sp³-hybridized carbons (Fsp3) is 0.125. The monoisotopic (exact) mass is 287 g/mol. The Morgan fingerprint density at radius 3 is 2.10 bits per heavy atom. The van der Waals surface area contributed by atoms with Gasteiger partial charge in [-0.3, -0.25) is 0 Å². The quantitative estimate of drug-likeness (QED) is 0.916. The van der Waals surface area contributed by atoms with Crippen LogP contribution in [0.1, 0.15) is 24.1 Å². The van der Waals surface area contributed by atoms with E-state index in [2.05, 4.69) is 4.72 Å². The van der Waals surface area contributed by atoms with Crippen molar-refractivity contribution in [3.8, 4) is 0 Å². The molecule has 0 heterocycles. The predicted octanol–water partition coefficient (Wildman–Crippen LogP) is 3.34. The number of hydrogen-bond acceptors (Lipinski definition) is 2. The van der Waals surface area contributed by atoms with Crippen molar-refractivity contribution in [1.29, 1.82) is 0 Å². The molecule has 0 spiro atoms. The molecule has 2 rings (SSSR count). The highest BCUT2D eigenvalue weighted by Gasteiger charge is 2.12. The maximum absolute atomic E-state index is 12.0. The van der Waals surface area contributed by atoms with Gasteiger partial charge in [0.25, 0.3) is 0 Å². The number of benzene rings is 2. The first-order valence-corrected chi connectivity index (χ1v) is 7.92. The molecule has 2 aromatic rings. The second-order valence-electron chi connectivity index (χ2n) is 4.51. The highest BCUT2D eigenvalue weighted by atomic mass is 32.2. The lowest BCUT2D eigenvalue weighted by Gasteiger charge is -2.12. The summed E-state index contributed by atoms with van der Waals surface area (Å²) in [7, 11) is -3.46. The van der Waals surface area contributed by atoms with Gasteiger partial charge < -0.3 is 0 Å². The van der Waals surface area contributed by atoms with E-state index in [-0.39, 0.29) is 6.04 Å². The maximum Gasteiger partial charge on any atom is 0.234 e. The lowest BCUT2D eigenvalue weighted by atomic mass is 10.1. The third kappa shape index (κ3) is 4.33. The molecule has 0 saturated carbocycles. The molecule has 0 saturated heterocycles. The van der Waals surface area contributed by atoms with E-state index in [1.165, 1.54) is 5.41 Å². The van der Waals surface area contributed by atoms with E-state index in [1.807, 2.05) is 67.6 Å². The average Bonchev–Trinajstić information content (AvgIpc) is 2.47. The molecule has 0 aliphatic rings. The van der Waals surface area contributed by atoms with Gasteiger partial charge in [0.05, 0.1) is 0 Å². The van der Waals surface area contributed by atoms with Crippen molar-refractivity contribution in [3.05, 3.63) is 77.2 Å². The van der Waals surface area contributed by atoms with Crippen molar-refractivity contribution in [2.75, 3.05) is 0 Å². The molecule has 0 fully saturated rings. The van der Waals surface area contributed by atoms with Crippen molar-refractivity contribution in [1.82, 2.24) is 4.72 Å². The summed E-state index contributed by atoms with van der Waals surface area (Å²) < 4.78 is 26.6. The van der Waals surface area contributed by atoms with Crippen LogP contribution in [0.25, 0.3) is 6.08 Å². The van der Waals surface area contributed by atoms with E-state index < -0.39 is 10.0 Å². The van der Waals surface area contributed by atoms with Crippen molar-refractivity contribution in [2.45, 2.75) is 13.0 Å². The van der Waals surface area contributed by atoms with E-state index in [9.17, 15) is 8.42 Å². The Balaban J connectivity index is 2.06. The minimum atomic E-state index is -3.46. The van der Waals surface area contributed by atoms with Gasteiger partial charge in [-0.15, -0.1) is 0 Å². The van der Waals surface area contributed by atoms with Crippen LogP contribution in [0.3, 0.4) is 0 Å². The lowest BCUT2D eigenvalue weighted by molar-refractivity contribution is 0.576. The zero-order valence-corrected chi connectivity index (χ0v) is 12.0. The van der Waals surface area contributed by atoms with Crippen LogP contribution in [0.2, 0.25) is 0 Å². The first-order valence-electron chi connectivity index (χ1n) is 6.37. The van der Waals surface area contributed by atoms with Gasteiger partial charge in [-0.25, -0.2) is 13.1 Å². The Labute approximate surface area is 120 Å². The molecule has 1 N–H and O–H groups in total. The smallest absolute Gasteiger partial charge is 0.208 e. The fourth-order valence-electron chi connectivity index (χ4n) is 1.83. The molecule has 1 unspecified atom stereocenters. The Morgan fingerprint density at radius 2 is 1.50 bits per heavy atom. The van der Waals surface area contributed by atoms with Gasteiger partial charge in [0, 0.05) is 11.4 Å². The Morgan fingerprint density at radius 1 is 0.950 bits per heavy atom. The summed E-state index contributed by atoms with van der Waals surface area (Å²) in [6.45, 7) is 1.82. The highest BCUT2D eigenvalue weighted by Crippen LogP contribution is 2.13. The van der Waals surface area contributed by atoms with E-state index in [0.717, 1.165) is 11.1 Å². The summed E-state index contributed by atoms with van der Waals surface area (Å²) in [4.78, 5) is 0. The Hall–Kier alpha value is -1.91. The molecular weight excluding hydrogens is 270 g/mol. The molecule has 0 bridgehead atoms. The highest BCUT2D eigenvalue weighted by molar-refractivity contribution is 7.92. The SMILES string of the molecule is CC(NS(=O)(=O)C=Cc1ccccc1)c1ccccc1. The first kappa shape index (κ1) is 14.5. The summed E-state index contributed by atoms with van der Waals surface area (Å²) in [6, 6.07) is 18.5. The zero-order valence-electron chi connectivity index (χ0n) is 11.2. The molecule has 0 amide bonds. The normalized spacial score (nSPS) is 13.4. The van der Waals surface area contributed by atoms with Crippen molar-refractivity contribution < 1.29 is 8.42 Å². The molecular formula is C16H17NO2S. The van der Waals surface area contributed by atoms with Gasteiger partial charge in [-0.05, 0) is 24.1 Å². The summed E-state index contributed by atoms with van der Waals surface area (Å²) >= 11 is 0. The van der Waals surface area contributed by atoms with Crippen molar-refractivity contribution in [3.63, 3.8) is 0 Å². The first-order chi connectivity index (χ1) is 9.57. The standard InChI is InChI=1S/C16H17NO2S/c1-14(16-10-6-3-7-11-16)17-20(18,19)13-12-15-8-4-2-5-9-15/h2-14,17H,1H3. The molecule has 0 aromatic heterocycles. The van der Waals surface area contributed by atoms with E-state index in [0.29, 0.717) is 0 Å². The number of hydrogen-bond donors (Lipinski definition) is 1. The van der Waals surface area contributed by atoms with Gasteiger partial charge >= 0.3 is 0 Å². The lowest BCUT2D eigenvalue weighted by Crippen LogP contribution is -2.24. The van der Waals surface area contributed by atoms with Crippen LogP contribution in [-0.2, 0) is 10.0 Å². The molecule has 104 valence electrons. The van der Waals surface area contributed by atoms with Crippen LogP contribution in [0.5, 0.6) is 0 Å². The molecule has 0 aliphatic heterocycles. The van der Waals surface area contributed by atoms with Crippen LogP contribution in [0.4, 0.5) is 0 Å². The van der Waals surface area contributed by atoms with Crippen LogP contribution in [-0.4, -0.2) is 8.42 Å². The van der Waals surface area contributed by atoms with Gasteiger partial charge in [-0.1, -0.05) is 60.7 Å². The van der Waals surface area contributed by atoms with E-state index >= 15 is 0 Å². The second-order valence-corrected chi connectivity index (χ2v) is 6.11. The minimum Gasteiger partial charge on any atom is -0.208 e. The van der Waals surface area contributed by atoms with Gasteiger partial charge in [0.1, 0.15) is 0 Å². The van der Waals surface area contributed by atoms with Gasteiger partial charge in [-0.2, -0.15) is 0 Å². The summed E-state index contributed by atoms with van der Waals surface area (Å²) in [5.41, 5.74) is 1.79. The molecule has 20 heavy (non-hydrogen) atoms. The third-order valence-corrected chi connectivity index (χ3v) is 4.06. The second kappa shape index (κ2) is 6.50. The van der Waals surface area contributed by atoms with Crippen molar-refractivity contribution >= 4 is 16.1 Å². The minimum absolute atomic E-state index is 0.262. The van der Waals surface area contributed by atoms with Crippen LogP contribution in [0, 0.1) is 0 Å². The van der Waals surface area contributed by atoms with E-state index in [1.54, 1.807) is 6.08 Å². The Bertz CT molecular complexity index is 664. The fourth-order valence-corrected chi connectivity index (χ4v) is 2.87. The van der Waals surface area contributed by atoms with Crippen LogP contribution < -0.4 is 4.72 Å². The molecule has 3 nitrogen and oxygen atoms in total. The summed E-state index contributed by atoms with van der Waals surface area (Å²) in [5, 5.41) is 1.20. The zero-order chi connectivity index (χ0) is 14.4. The van der Waals surface area contributed by atoms with E-state index in [4.69, 9.17) is 0 Å². The van der Waals surface area contributed by atoms with Crippen LogP contribution >= 0.6 is 0 Å². The maximum atomic E-state index is 12.0. The average molecular weight is 287 g/mol. The Kier molecular flexibility index (Phi) is 4.71. The number of nitrogens with one attached hydrogen (secondary N) is 1. The van der Waals surface area contributed by atoms with Crippen LogP contribution in [0.15, 0.2) is 66.1 Å². The van der Waals surface area contributed by atoms with Gasteiger partial charge in [0.2, 0.25) is 10.0 Å². The predicted molar refractivity (Wildman–Crippen MR) is 82.4 cm³/mol. The number of sulfonamides is 1. The summed E-state index contributed by atoms with van der Waals surface area (Å²) in [5.74, 6) is 0. The summed E-state index contributed by atoms with van der Waals surface area (Å²) in [6.07, 6.45) is 1.58. The number of rotatable bonds is 5. The molecule has 2 aromatic carbocycles. The largest absolute Gasteiger partial charge is 0.234 e. The van der Waals surface area contributed by atoms with Gasteiger partial charge in [0.15, 0.2) is 0 Å². The molecule has 0 radical (unpaired) electrons. The third-order valence-electron chi connectivity index (χ3n) is 2.88. The molecule has 1 atom stereocenters. The van der Waals surface area contributed by atoms with Crippen molar-refractivity contribution in [2.24, 2.45) is 0 Å². The molecule has 4 heteroatoms. The molecule has 0 aliphatic carbocycles. The topological polar surface area (TPSA) is 46.2 Å².